The van der Waals surface area contributed by atoms with E-state index in [9.17, 15) is 19.0 Å². The van der Waals surface area contributed by atoms with Gasteiger partial charge in [-0.25, -0.2) is 4.57 Å². The number of carbonyl (C=O) groups excluding carboxylic acids is 2. The molecule has 1 N–H and O–H groups in total. The first kappa shape index (κ1) is 49.5. The smallest absolute Gasteiger partial charge is 0.462 e. The number of carbonyl (C=O) groups is 2. The molecule has 1 unspecified atom stereocenters. The van der Waals surface area contributed by atoms with Gasteiger partial charge in [0.25, 0.3) is 0 Å². The standard InChI is InChI=1S/C42H72NO8P/c1-6-8-10-12-14-16-18-19-20-21-22-23-25-27-29-31-33-35-42(45)51-40(39-50-52(46,47)49-37-36-43(3,4)5)38-48-41(44)34-32-30-28-26-24-17-15-13-11-9-7-2/h8,10,13-16,19-20,22-23,27,29,40H,6-7,9,11-12,17-18,21,24-26,28,30-39H2,1-5H3/p+1/b10-8-,15-13-,16-14-,20-19-,23-22-,29-27-/t40-/m1/s1. The maximum Gasteiger partial charge on any atom is 0.472 e. The van der Waals surface area contributed by atoms with Crippen LogP contribution in [0.15, 0.2) is 72.9 Å². The molecule has 0 aliphatic carbocycles. The summed E-state index contributed by atoms with van der Waals surface area (Å²) in [5, 5.41) is 0. The molecule has 0 heterocycles. The highest BCUT2D eigenvalue weighted by Crippen LogP contribution is 2.43. The van der Waals surface area contributed by atoms with E-state index in [4.69, 9.17) is 18.5 Å². The number of nitrogens with zero attached hydrogens (tertiary/aromatic N) is 1. The van der Waals surface area contributed by atoms with Crippen LogP contribution in [0.1, 0.15) is 129 Å². The highest BCUT2D eigenvalue weighted by Gasteiger charge is 2.27. The van der Waals surface area contributed by atoms with Crippen LogP contribution in [-0.4, -0.2) is 74.9 Å². The second-order valence-corrected chi connectivity index (χ2v) is 15.4. The molecular weight excluding hydrogens is 677 g/mol. The van der Waals surface area contributed by atoms with Crippen LogP contribution in [0.4, 0.5) is 0 Å². The minimum absolute atomic E-state index is 0.0160. The van der Waals surface area contributed by atoms with Crippen molar-refractivity contribution in [2.45, 2.75) is 136 Å². The Labute approximate surface area is 317 Å². The molecule has 0 aromatic rings. The Kier molecular flexibility index (Phi) is 32.6. The Morgan fingerprint density at radius 3 is 1.71 bits per heavy atom. The number of phosphoric acid groups is 1. The largest absolute Gasteiger partial charge is 0.472 e. The van der Waals surface area contributed by atoms with E-state index in [1.165, 1.54) is 12.8 Å². The third-order valence-corrected chi connectivity index (χ3v) is 8.70. The Morgan fingerprint density at radius 1 is 0.615 bits per heavy atom. The Balaban J connectivity index is 4.56. The first-order valence-electron chi connectivity index (χ1n) is 19.7. The van der Waals surface area contributed by atoms with E-state index >= 15 is 0 Å². The molecule has 0 aliphatic rings. The van der Waals surface area contributed by atoms with Gasteiger partial charge in [0, 0.05) is 12.8 Å². The number of hydrogen-bond donors (Lipinski definition) is 1. The number of likely N-dealkylation sites (N-methyl/N-ethyl adjacent to an activating group) is 1. The van der Waals surface area contributed by atoms with Gasteiger partial charge in [-0.05, 0) is 70.6 Å². The van der Waals surface area contributed by atoms with Crippen LogP contribution in [0.2, 0.25) is 0 Å². The van der Waals surface area contributed by atoms with Crippen molar-refractivity contribution in [3.05, 3.63) is 72.9 Å². The maximum absolute atomic E-state index is 12.6. The van der Waals surface area contributed by atoms with Gasteiger partial charge in [0.15, 0.2) is 6.10 Å². The maximum atomic E-state index is 12.6. The van der Waals surface area contributed by atoms with Crippen LogP contribution >= 0.6 is 7.82 Å². The Hall–Kier alpha value is -2.55. The molecule has 298 valence electrons. The highest BCUT2D eigenvalue weighted by molar-refractivity contribution is 7.47. The number of rotatable bonds is 34. The van der Waals surface area contributed by atoms with E-state index in [1.54, 1.807) is 0 Å². The van der Waals surface area contributed by atoms with Gasteiger partial charge in [0.2, 0.25) is 0 Å². The van der Waals surface area contributed by atoms with Crippen molar-refractivity contribution in [1.29, 1.82) is 0 Å². The van der Waals surface area contributed by atoms with Gasteiger partial charge in [0.1, 0.15) is 19.8 Å². The zero-order valence-electron chi connectivity index (χ0n) is 33.3. The molecule has 0 rings (SSSR count). The molecule has 0 radical (unpaired) electrons. The number of unbranched alkanes of at least 4 members (excludes halogenated alkanes) is 8. The van der Waals surface area contributed by atoms with Gasteiger partial charge in [0.05, 0.1) is 27.7 Å². The first-order valence-corrected chi connectivity index (χ1v) is 21.2. The number of allylic oxidation sites excluding steroid dienone is 12. The first-order chi connectivity index (χ1) is 25.0. The van der Waals surface area contributed by atoms with Crippen LogP contribution in [0.3, 0.4) is 0 Å². The van der Waals surface area contributed by atoms with Crippen LogP contribution in [0.5, 0.6) is 0 Å². The van der Waals surface area contributed by atoms with Gasteiger partial charge in [-0.1, -0.05) is 119 Å². The number of ether oxygens (including phenoxy) is 2. The Bertz CT molecular complexity index is 1120. The average molecular weight is 751 g/mol. The summed E-state index contributed by atoms with van der Waals surface area (Å²) < 4.78 is 34.1. The van der Waals surface area contributed by atoms with Crippen molar-refractivity contribution in [3.63, 3.8) is 0 Å². The van der Waals surface area contributed by atoms with E-state index in [2.05, 4.69) is 80.7 Å². The van der Waals surface area contributed by atoms with Crippen molar-refractivity contribution in [3.8, 4) is 0 Å². The topological polar surface area (TPSA) is 108 Å². The predicted octanol–water partition coefficient (Wildman–Crippen LogP) is 10.7. The quantitative estimate of drug-likeness (QED) is 0.0228. The van der Waals surface area contributed by atoms with Gasteiger partial charge in [-0.2, -0.15) is 0 Å². The summed E-state index contributed by atoms with van der Waals surface area (Å²) in [7, 11) is 1.42. The fourth-order valence-electron chi connectivity index (χ4n) is 4.62. The molecule has 10 heteroatoms. The summed E-state index contributed by atoms with van der Waals surface area (Å²) in [5.74, 6) is -0.888. The number of quaternary nitrogens is 1. The van der Waals surface area contributed by atoms with Crippen LogP contribution < -0.4 is 0 Å². The zero-order chi connectivity index (χ0) is 38.6. The van der Waals surface area contributed by atoms with Gasteiger partial charge < -0.3 is 18.9 Å². The monoisotopic (exact) mass is 751 g/mol. The van der Waals surface area contributed by atoms with Crippen LogP contribution in [-0.2, 0) is 32.7 Å². The number of esters is 2. The van der Waals surface area contributed by atoms with E-state index in [0.29, 0.717) is 30.3 Å². The third-order valence-electron chi connectivity index (χ3n) is 7.72. The van der Waals surface area contributed by atoms with Crippen molar-refractivity contribution in [2.24, 2.45) is 0 Å². The second kappa shape index (κ2) is 34.2. The lowest BCUT2D eigenvalue weighted by Crippen LogP contribution is -2.37. The van der Waals surface area contributed by atoms with Gasteiger partial charge in [-0.3, -0.25) is 18.6 Å². The molecular formula is C42H73NO8P+. The predicted molar refractivity (Wildman–Crippen MR) is 215 cm³/mol. The fourth-order valence-corrected chi connectivity index (χ4v) is 5.36. The lowest BCUT2D eigenvalue weighted by Gasteiger charge is -2.24. The summed E-state index contributed by atoms with van der Waals surface area (Å²) in [5.41, 5.74) is 0. The van der Waals surface area contributed by atoms with E-state index < -0.39 is 32.5 Å². The van der Waals surface area contributed by atoms with Crippen molar-refractivity contribution in [1.82, 2.24) is 0 Å². The average Bonchev–Trinajstić information content (AvgIpc) is 3.09. The second-order valence-electron chi connectivity index (χ2n) is 13.9. The normalized spacial score (nSPS) is 14.5. The summed E-state index contributed by atoms with van der Waals surface area (Å²) in [6.07, 6.45) is 41.0. The SMILES string of the molecule is CC/C=C\C/C=C\C/C=C\C/C=C\C/C=C\CCCC(=O)O[C@H](COC(=O)CCCCCCC/C=C\CCCC)COP(=O)(O)OCC[N+](C)(C)C. The lowest BCUT2D eigenvalue weighted by atomic mass is 10.1. The molecule has 0 aliphatic heterocycles. The van der Waals surface area contributed by atoms with Crippen LogP contribution in [0, 0.1) is 0 Å². The van der Waals surface area contributed by atoms with E-state index in [0.717, 1.165) is 70.6 Å². The molecule has 0 amide bonds. The summed E-state index contributed by atoms with van der Waals surface area (Å²) in [4.78, 5) is 35.2. The number of hydrogen-bond acceptors (Lipinski definition) is 7. The summed E-state index contributed by atoms with van der Waals surface area (Å²) >= 11 is 0. The van der Waals surface area contributed by atoms with Gasteiger partial charge >= 0.3 is 19.8 Å². The van der Waals surface area contributed by atoms with Crippen molar-refractivity contribution in [2.75, 3.05) is 47.5 Å². The lowest BCUT2D eigenvalue weighted by molar-refractivity contribution is -0.870. The van der Waals surface area contributed by atoms with E-state index in [1.807, 2.05) is 27.2 Å². The zero-order valence-corrected chi connectivity index (χ0v) is 34.2. The molecule has 0 saturated carbocycles. The molecule has 0 saturated heterocycles. The molecule has 0 aromatic heterocycles. The molecule has 9 nitrogen and oxygen atoms in total. The summed E-state index contributed by atoms with van der Waals surface area (Å²) in [6.45, 7) is 4.15. The minimum atomic E-state index is -4.39. The molecule has 0 aromatic carbocycles. The third kappa shape index (κ3) is 37.2. The number of phosphoric ester groups is 1. The molecule has 0 fully saturated rings. The van der Waals surface area contributed by atoms with E-state index in [-0.39, 0.29) is 26.1 Å². The minimum Gasteiger partial charge on any atom is -0.462 e. The highest BCUT2D eigenvalue weighted by atomic mass is 31.2. The van der Waals surface area contributed by atoms with Crippen molar-refractivity contribution >= 4 is 19.8 Å². The Morgan fingerprint density at radius 2 is 1.12 bits per heavy atom. The molecule has 2 atom stereocenters. The van der Waals surface area contributed by atoms with Gasteiger partial charge in [-0.15, -0.1) is 0 Å². The van der Waals surface area contributed by atoms with Crippen LogP contribution in [0.25, 0.3) is 0 Å². The molecule has 0 bridgehead atoms. The summed E-state index contributed by atoms with van der Waals surface area (Å²) in [6, 6.07) is 0. The molecule has 0 spiro atoms. The fraction of sp³-hybridized carbons (Fsp3) is 0.667. The molecule has 52 heavy (non-hydrogen) atoms. The van der Waals surface area contributed by atoms with Crippen molar-refractivity contribution < 1.29 is 42.1 Å².